The summed E-state index contributed by atoms with van der Waals surface area (Å²) in [4.78, 5) is 11.8. The fraction of sp³-hybridized carbons (Fsp3) is 0.700. The monoisotopic (exact) mass is 294 g/mol. The van der Waals surface area contributed by atoms with Crippen LogP contribution in [0.1, 0.15) is 11.9 Å². The molecule has 1 unspecified atom stereocenters. The molecule has 1 aromatic rings. The quantitative estimate of drug-likeness (QED) is 0.882. The third kappa shape index (κ3) is 3.87. The number of rotatable bonds is 4. The van der Waals surface area contributed by atoms with Crippen molar-refractivity contribution >= 4 is 22.4 Å². The van der Waals surface area contributed by atoms with Crippen LogP contribution in [0.25, 0.3) is 0 Å². The number of hydrogen-bond donors (Lipinski definition) is 2. The molecule has 1 saturated heterocycles. The van der Waals surface area contributed by atoms with E-state index in [1.807, 2.05) is 0 Å². The second-order valence-electron chi connectivity index (χ2n) is 4.49. The maximum atomic E-state index is 12.1. The first-order chi connectivity index (χ1) is 8.85. The molecule has 0 aliphatic carbocycles. The van der Waals surface area contributed by atoms with Crippen LogP contribution < -0.4 is 10.6 Å². The average Bonchev–Trinajstić information content (AvgIpc) is 2.59. The lowest BCUT2D eigenvalue weighted by Crippen LogP contribution is -2.48. The molecule has 5 nitrogen and oxygen atoms in total. The minimum Gasteiger partial charge on any atom is -0.316 e. The van der Waals surface area contributed by atoms with Gasteiger partial charge in [0.2, 0.25) is 11.0 Å². The summed E-state index contributed by atoms with van der Waals surface area (Å²) >= 11 is 0.753. The SMILES string of the molecule is CC(C(=O)Nc1nnc(CC(F)(F)F)s1)C1CNC1. The summed E-state index contributed by atoms with van der Waals surface area (Å²) in [6.07, 6.45) is -5.44. The zero-order chi connectivity index (χ0) is 14.0. The van der Waals surface area contributed by atoms with E-state index < -0.39 is 12.6 Å². The predicted molar refractivity (Wildman–Crippen MR) is 63.8 cm³/mol. The number of nitrogens with one attached hydrogen (secondary N) is 2. The summed E-state index contributed by atoms with van der Waals surface area (Å²) in [6.45, 7) is 3.35. The predicted octanol–water partition coefficient (Wildman–Crippen LogP) is 1.44. The van der Waals surface area contributed by atoms with Gasteiger partial charge in [-0.05, 0) is 19.0 Å². The summed E-state index contributed by atoms with van der Waals surface area (Å²) in [5.74, 6) is -0.167. The highest BCUT2D eigenvalue weighted by Gasteiger charge is 2.31. The van der Waals surface area contributed by atoms with Gasteiger partial charge in [-0.1, -0.05) is 18.3 Å². The van der Waals surface area contributed by atoms with Gasteiger partial charge < -0.3 is 10.6 Å². The Morgan fingerprint density at radius 3 is 2.74 bits per heavy atom. The second-order valence-corrected chi connectivity index (χ2v) is 5.55. The lowest BCUT2D eigenvalue weighted by atomic mass is 9.88. The van der Waals surface area contributed by atoms with Gasteiger partial charge in [-0.2, -0.15) is 13.2 Å². The molecule has 1 amide bonds. The van der Waals surface area contributed by atoms with Gasteiger partial charge in [0, 0.05) is 5.92 Å². The molecule has 1 aliphatic heterocycles. The Morgan fingerprint density at radius 1 is 1.53 bits per heavy atom. The van der Waals surface area contributed by atoms with Gasteiger partial charge >= 0.3 is 6.18 Å². The Labute approximate surface area is 111 Å². The summed E-state index contributed by atoms with van der Waals surface area (Å²) in [7, 11) is 0. The fourth-order valence-electron chi connectivity index (χ4n) is 1.64. The Morgan fingerprint density at radius 2 is 2.21 bits per heavy atom. The standard InChI is InChI=1S/C10H13F3N4OS/c1-5(6-3-14-4-6)8(18)15-9-17-16-7(19-9)2-10(11,12)13/h5-6,14H,2-4H2,1H3,(H,15,17,18). The first-order valence-corrected chi connectivity index (χ1v) is 6.57. The molecule has 2 N–H and O–H groups in total. The van der Waals surface area contributed by atoms with E-state index in [-0.39, 0.29) is 27.9 Å². The molecule has 0 bridgehead atoms. The van der Waals surface area contributed by atoms with Crippen LogP contribution >= 0.6 is 11.3 Å². The molecule has 0 spiro atoms. The van der Waals surface area contributed by atoms with E-state index >= 15 is 0 Å². The van der Waals surface area contributed by atoms with Gasteiger partial charge in [-0.3, -0.25) is 4.79 Å². The lowest BCUT2D eigenvalue weighted by molar-refractivity contribution is -0.127. The smallest absolute Gasteiger partial charge is 0.316 e. The summed E-state index contributed by atoms with van der Waals surface area (Å²) in [5, 5.41) is 12.5. The molecule has 106 valence electrons. The highest BCUT2D eigenvalue weighted by Crippen LogP contribution is 2.26. The van der Waals surface area contributed by atoms with Crippen LogP contribution in [0, 0.1) is 11.8 Å². The Bertz CT molecular complexity index is 458. The van der Waals surface area contributed by atoms with E-state index in [1.165, 1.54) is 0 Å². The molecular weight excluding hydrogens is 281 g/mol. The number of hydrogen-bond acceptors (Lipinski definition) is 5. The first kappa shape index (κ1) is 14.2. The van der Waals surface area contributed by atoms with Crippen molar-refractivity contribution in [1.29, 1.82) is 0 Å². The normalized spacial score (nSPS) is 17.9. The van der Waals surface area contributed by atoms with Crippen molar-refractivity contribution in [2.45, 2.75) is 19.5 Å². The molecule has 0 aromatic carbocycles. The molecule has 19 heavy (non-hydrogen) atoms. The van der Waals surface area contributed by atoms with Crippen molar-refractivity contribution in [3.63, 3.8) is 0 Å². The number of amides is 1. The second kappa shape index (κ2) is 5.41. The van der Waals surface area contributed by atoms with Crippen LogP contribution in [-0.2, 0) is 11.2 Å². The molecule has 1 aromatic heterocycles. The van der Waals surface area contributed by atoms with Crippen molar-refractivity contribution in [3.8, 4) is 0 Å². The molecular formula is C10H13F3N4OS. The van der Waals surface area contributed by atoms with E-state index in [4.69, 9.17) is 0 Å². The largest absolute Gasteiger partial charge is 0.395 e. The average molecular weight is 294 g/mol. The maximum absolute atomic E-state index is 12.1. The van der Waals surface area contributed by atoms with E-state index in [1.54, 1.807) is 6.92 Å². The third-order valence-electron chi connectivity index (χ3n) is 2.98. The Kier molecular flexibility index (Phi) is 4.04. The van der Waals surface area contributed by atoms with Gasteiger partial charge in [0.1, 0.15) is 5.01 Å². The number of nitrogens with zero attached hydrogens (tertiary/aromatic N) is 2. The summed E-state index contributed by atoms with van der Waals surface area (Å²) in [5.41, 5.74) is 0. The third-order valence-corrected chi connectivity index (χ3v) is 3.82. The zero-order valence-electron chi connectivity index (χ0n) is 10.1. The van der Waals surface area contributed by atoms with Gasteiger partial charge in [0.15, 0.2) is 0 Å². The molecule has 0 radical (unpaired) electrons. The number of carbonyl (C=O) groups is 1. The van der Waals surface area contributed by atoms with E-state index in [9.17, 15) is 18.0 Å². The fourth-order valence-corrected chi connectivity index (χ4v) is 2.42. The van der Waals surface area contributed by atoms with Crippen LogP contribution in [0.5, 0.6) is 0 Å². The molecule has 1 aliphatic rings. The minimum atomic E-state index is -4.31. The van der Waals surface area contributed by atoms with Crippen LogP contribution in [0.2, 0.25) is 0 Å². The number of alkyl halides is 3. The minimum absolute atomic E-state index is 0.114. The molecule has 2 heterocycles. The van der Waals surface area contributed by atoms with Gasteiger partial charge in [-0.25, -0.2) is 0 Å². The van der Waals surface area contributed by atoms with Crippen LogP contribution in [0.15, 0.2) is 0 Å². The molecule has 1 fully saturated rings. The topological polar surface area (TPSA) is 66.9 Å². The molecule has 1 atom stereocenters. The van der Waals surface area contributed by atoms with Crippen LogP contribution in [0.3, 0.4) is 0 Å². The van der Waals surface area contributed by atoms with Crippen molar-refractivity contribution in [2.75, 3.05) is 18.4 Å². The van der Waals surface area contributed by atoms with Crippen LogP contribution in [-0.4, -0.2) is 35.4 Å². The Hall–Kier alpha value is -1.22. The van der Waals surface area contributed by atoms with Gasteiger partial charge in [-0.15, -0.1) is 10.2 Å². The number of halogens is 3. The number of aromatic nitrogens is 2. The van der Waals surface area contributed by atoms with E-state index in [0.29, 0.717) is 0 Å². The number of anilines is 1. The van der Waals surface area contributed by atoms with Crippen molar-refractivity contribution in [1.82, 2.24) is 15.5 Å². The first-order valence-electron chi connectivity index (χ1n) is 5.76. The summed E-state index contributed by atoms with van der Waals surface area (Å²) < 4.78 is 36.4. The van der Waals surface area contributed by atoms with Crippen molar-refractivity contribution < 1.29 is 18.0 Å². The van der Waals surface area contributed by atoms with Gasteiger partial charge in [0.25, 0.3) is 0 Å². The van der Waals surface area contributed by atoms with E-state index in [0.717, 1.165) is 24.4 Å². The number of carbonyl (C=O) groups excluding carboxylic acids is 1. The highest BCUT2D eigenvalue weighted by atomic mass is 32.1. The van der Waals surface area contributed by atoms with E-state index in [2.05, 4.69) is 20.8 Å². The molecule has 2 rings (SSSR count). The zero-order valence-corrected chi connectivity index (χ0v) is 10.9. The van der Waals surface area contributed by atoms with Crippen LogP contribution in [0.4, 0.5) is 18.3 Å². The molecule has 0 saturated carbocycles. The van der Waals surface area contributed by atoms with Gasteiger partial charge in [0.05, 0.1) is 6.42 Å². The highest BCUT2D eigenvalue weighted by molar-refractivity contribution is 7.15. The maximum Gasteiger partial charge on any atom is 0.395 e. The lowest BCUT2D eigenvalue weighted by Gasteiger charge is -2.31. The van der Waals surface area contributed by atoms with Crippen molar-refractivity contribution in [2.24, 2.45) is 11.8 Å². The Balaban J connectivity index is 1.90. The molecule has 9 heteroatoms. The van der Waals surface area contributed by atoms with Crippen molar-refractivity contribution in [3.05, 3.63) is 5.01 Å². The summed E-state index contributed by atoms with van der Waals surface area (Å²) in [6, 6.07) is 0.